The Kier molecular flexibility index (Phi) is 4.52. The predicted octanol–water partition coefficient (Wildman–Crippen LogP) is 0.399. The Bertz CT molecular complexity index is 392. The van der Waals surface area contributed by atoms with Crippen molar-refractivity contribution in [3.8, 4) is 0 Å². The van der Waals surface area contributed by atoms with E-state index in [0.29, 0.717) is 6.54 Å². The van der Waals surface area contributed by atoms with Crippen LogP contribution in [-0.2, 0) is 6.54 Å². The van der Waals surface area contributed by atoms with Gasteiger partial charge in [0.05, 0.1) is 6.61 Å². The van der Waals surface area contributed by atoms with E-state index in [2.05, 4.69) is 9.80 Å². The van der Waals surface area contributed by atoms with Crippen molar-refractivity contribution in [1.29, 1.82) is 0 Å². The van der Waals surface area contributed by atoms with Gasteiger partial charge >= 0.3 is 0 Å². The fourth-order valence-corrected chi connectivity index (χ4v) is 2.38. The van der Waals surface area contributed by atoms with Crippen molar-refractivity contribution in [2.75, 3.05) is 44.2 Å². The molecule has 5 heteroatoms. The number of halogens is 1. The number of nitrogens with two attached hydrogens (primary N) is 1. The number of piperazine rings is 1. The summed E-state index contributed by atoms with van der Waals surface area (Å²) in [6, 6.07) is 4.79. The molecule has 0 saturated carbocycles. The lowest BCUT2D eigenvalue weighted by Crippen LogP contribution is -2.47. The number of aliphatic hydroxyl groups is 1. The van der Waals surface area contributed by atoms with E-state index in [0.717, 1.165) is 44.0 Å². The van der Waals surface area contributed by atoms with Crippen LogP contribution >= 0.6 is 0 Å². The van der Waals surface area contributed by atoms with Crippen LogP contribution in [0.4, 0.5) is 10.1 Å². The summed E-state index contributed by atoms with van der Waals surface area (Å²) in [6.07, 6.45) is 0. The maximum Gasteiger partial charge on any atom is 0.123 e. The van der Waals surface area contributed by atoms with E-state index in [1.165, 1.54) is 12.1 Å². The molecule has 1 saturated heterocycles. The molecule has 0 aromatic heterocycles. The van der Waals surface area contributed by atoms with Crippen LogP contribution in [0.2, 0.25) is 0 Å². The average molecular weight is 253 g/mol. The average Bonchev–Trinajstić information content (AvgIpc) is 2.40. The second kappa shape index (κ2) is 6.13. The summed E-state index contributed by atoms with van der Waals surface area (Å²) in [5, 5.41) is 8.90. The lowest BCUT2D eigenvalue weighted by molar-refractivity contribution is 0.188. The van der Waals surface area contributed by atoms with E-state index in [-0.39, 0.29) is 12.4 Å². The largest absolute Gasteiger partial charge is 0.395 e. The summed E-state index contributed by atoms with van der Waals surface area (Å²) < 4.78 is 13.2. The molecule has 1 aromatic rings. The van der Waals surface area contributed by atoms with E-state index >= 15 is 0 Å². The number of hydrogen-bond acceptors (Lipinski definition) is 4. The smallest absolute Gasteiger partial charge is 0.123 e. The van der Waals surface area contributed by atoms with Gasteiger partial charge in [0.2, 0.25) is 0 Å². The fourth-order valence-electron chi connectivity index (χ4n) is 2.38. The molecular weight excluding hydrogens is 233 g/mol. The van der Waals surface area contributed by atoms with Gasteiger partial charge < -0.3 is 15.7 Å². The van der Waals surface area contributed by atoms with Gasteiger partial charge in [-0.05, 0) is 23.8 Å². The molecule has 2 rings (SSSR count). The molecule has 1 aliphatic heterocycles. The van der Waals surface area contributed by atoms with Crippen molar-refractivity contribution in [3.63, 3.8) is 0 Å². The Morgan fingerprint density at radius 3 is 2.56 bits per heavy atom. The van der Waals surface area contributed by atoms with E-state index < -0.39 is 0 Å². The van der Waals surface area contributed by atoms with Gasteiger partial charge in [0.25, 0.3) is 0 Å². The molecule has 18 heavy (non-hydrogen) atoms. The van der Waals surface area contributed by atoms with E-state index in [9.17, 15) is 4.39 Å². The van der Waals surface area contributed by atoms with Crippen molar-refractivity contribution < 1.29 is 9.50 Å². The molecule has 0 unspecified atom stereocenters. The van der Waals surface area contributed by atoms with Crippen LogP contribution in [-0.4, -0.2) is 49.3 Å². The number of nitrogens with zero attached hydrogens (tertiary/aromatic N) is 2. The Hall–Kier alpha value is -1.17. The normalized spacial score (nSPS) is 17.2. The third kappa shape index (κ3) is 2.98. The molecule has 1 aliphatic rings. The first kappa shape index (κ1) is 13.3. The zero-order chi connectivity index (χ0) is 13.0. The highest BCUT2D eigenvalue weighted by Crippen LogP contribution is 2.22. The number of anilines is 1. The Balaban J connectivity index is 2.05. The van der Waals surface area contributed by atoms with Crippen molar-refractivity contribution in [1.82, 2.24) is 4.90 Å². The van der Waals surface area contributed by atoms with E-state index in [1.807, 2.05) is 0 Å². The first-order chi connectivity index (χ1) is 8.74. The molecule has 100 valence electrons. The summed E-state index contributed by atoms with van der Waals surface area (Å²) in [5.74, 6) is -0.238. The van der Waals surface area contributed by atoms with Gasteiger partial charge in [0.15, 0.2) is 0 Å². The molecular formula is C13H20FN3O. The van der Waals surface area contributed by atoms with Crippen LogP contribution in [0.1, 0.15) is 5.56 Å². The minimum Gasteiger partial charge on any atom is -0.395 e. The first-order valence-corrected chi connectivity index (χ1v) is 6.31. The zero-order valence-electron chi connectivity index (χ0n) is 10.5. The molecule has 0 aliphatic carbocycles. The number of benzene rings is 1. The van der Waals surface area contributed by atoms with Crippen molar-refractivity contribution in [3.05, 3.63) is 29.6 Å². The number of rotatable bonds is 4. The van der Waals surface area contributed by atoms with Gasteiger partial charge in [-0.3, -0.25) is 4.90 Å². The fraction of sp³-hybridized carbons (Fsp3) is 0.538. The first-order valence-electron chi connectivity index (χ1n) is 6.31. The predicted molar refractivity (Wildman–Crippen MR) is 70.0 cm³/mol. The second-order valence-electron chi connectivity index (χ2n) is 4.53. The van der Waals surface area contributed by atoms with Crippen LogP contribution in [0.15, 0.2) is 18.2 Å². The lowest BCUT2D eigenvalue weighted by Gasteiger charge is -2.36. The van der Waals surface area contributed by atoms with Gasteiger partial charge in [0.1, 0.15) is 5.82 Å². The van der Waals surface area contributed by atoms with Crippen molar-refractivity contribution in [2.24, 2.45) is 5.73 Å². The van der Waals surface area contributed by atoms with Gasteiger partial charge in [-0.1, -0.05) is 0 Å². The topological polar surface area (TPSA) is 52.7 Å². The summed E-state index contributed by atoms with van der Waals surface area (Å²) in [7, 11) is 0. The van der Waals surface area contributed by atoms with Crippen molar-refractivity contribution in [2.45, 2.75) is 6.54 Å². The molecule has 3 N–H and O–H groups in total. The maximum atomic E-state index is 13.2. The monoisotopic (exact) mass is 253 g/mol. The minimum atomic E-state index is -0.238. The number of hydrogen-bond donors (Lipinski definition) is 2. The van der Waals surface area contributed by atoms with Gasteiger partial charge in [-0.15, -0.1) is 0 Å². The quantitative estimate of drug-likeness (QED) is 0.815. The Morgan fingerprint density at radius 1 is 1.22 bits per heavy atom. The van der Waals surface area contributed by atoms with E-state index in [1.54, 1.807) is 6.07 Å². The lowest BCUT2D eigenvalue weighted by atomic mass is 10.1. The molecule has 1 heterocycles. The van der Waals surface area contributed by atoms with Crippen LogP contribution < -0.4 is 10.6 Å². The molecule has 1 fully saturated rings. The zero-order valence-corrected chi connectivity index (χ0v) is 10.5. The maximum absolute atomic E-state index is 13.2. The Morgan fingerprint density at radius 2 is 1.94 bits per heavy atom. The highest BCUT2D eigenvalue weighted by atomic mass is 19.1. The Labute approximate surface area is 107 Å². The summed E-state index contributed by atoms with van der Waals surface area (Å²) in [4.78, 5) is 4.46. The van der Waals surface area contributed by atoms with Crippen LogP contribution in [0.25, 0.3) is 0 Å². The highest BCUT2D eigenvalue weighted by molar-refractivity contribution is 5.54. The van der Waals surface area contributed by atoms with Crippen LogP contribution in [0.5, 0.6) is 0 Å². The van der Waals surface area contributed by atoms with Crippen LogP contribution in [0, 0.1) is 5.82 Å². The summed E-state index contributed by atoms with van der Waals surface area (Å²) >= 11 is 0. The third-order valence-corrected chi connectivity index (χ3v) is 3.39. The second-order valence-corrected chi connectivity index (χ2v) is 4.53. The standard InChI is InChI=1S/C13H20FN3O/c14-12-1-2-13(11(9-12)10-15)17-5-3-16(4-6-17)7-8-18/h1-2,9,18H,3-8,10,15H2. The summed E-state index contributed by atoms with van der Waals surface area (Å²) in [5.41, 5.74) is 7.55. The molecule has 0 radical (unpaired) electrons. The molecule has 1 aromatic carbocycles. The highest BCUT2D eigenvalue weighted by Gasteiger charge is 2.18. The molecule has 0 amide bonds. The van der Waals surface area contributed by atoms with Gasteiger partial charge in [-0.2, -0.15) is 0 Å². The van der Waals surface area contributed by atoms with Crippen LogP contribution in [0.3, 0.4) is 0 Å². The molecule has 4 nitrogen and oxygen atoms in total. The molecule has 0 spiro atoms. The molecule has 0 atom stereocenters. The summed E-state index contributed by atoms with van der Waals surface area (Å²) in [6.45, 7) is 4.89. The number of aliphatic hydroxyl groups excluding tert-OH is 1. The van der Waals surface area contributed by atoms with Gasteiger partial charge in [-0.25, -0.2) is 4.39 Å². The molecule has 0 bridgehead atoms. The minimum absolute atomic E-state index is 0.199. The SMILES string of the molecule is NCc1cc(F)ccc1N1CCN(CCO)CC1. The van der Waals surface area contributed by atoms with Gasteiger partial charge in [0, 0.05) is 45.0 Å². The number of β-amino-alcohol motifs (C(OH)–C–C–N with tert-alkyl or cyclic N) is 1. The third-order valence-electron chi connectivity index (χ3n) is 3.39. The van der Waals surface area contributed by atoms with E-state index in [4.69, 9.17) is 10.8 Å². The van der Waals surface area contributed by atoms with Crippen molar-refractivity contribution >= 4 is 5.69 Å².